The summed E-state index contributed by atoms with van der Waals surface area (Å²) in [4.78, 5) is 12.6. The Kier molecular flexibility index (Phi) is 7.59. The number of aromatic hydroxyl groups is 3. The summed E-state index contributed by atoms with van der Waals surface area (Å²) in [5.74, 6) is 0.368. The van der Waals surface area contributed by atoms with Gasteiger partial charge in [-0.05, 0) is 36.4 Å². The van der Waals surface area contributed by atoms with Crippen molar-refractivity contribution in [3.05, 3.63) is 89.5 Å². The van der Waals surface area contributed by atoms with Crippen molar-refractivity contribution in [1.29, 1.82) is 0 Å². The lowest BCUT2D eigenvalue weighted by atomic mass is 10.2. The van der Waals surface area contributed by atoms with Gasteiger partial charge in [0.15, 0.2) is 0 Å². The normalized spacial score (nSPS) is 11.3. The van der Waals surface area contributed by atoms with Gasteiger partial charge in [0.1, 0.15) is 17.2 Å². The minimum Gasteiger partial charge on any atom is -0.507 e. The van der Waals surface area contributed by atoms with E-state index >= 15 is 0 Å². The van der Waals surface area contributed by atoms with E-state index < -0.39 is 0 Å². The zero-order valence-electron chi connectivity index (χ0n) is 18.7. The molecule has 12 nitrogen and oxygen atoms in total. The van der Waals surface area contributed by atoms with Gasteiger partial charge in [0.2, 0.25) is 17.8 Å². The second kappa shape index (κ2) is 11.6. The van der Waals surface area contributed by atoms with Gasteiger partial charge in [0, 0.05) is 16.7 Å². The van der Waals surface area contributed by atoms with E-state index in [2.05, 4.69) is 46.5 Å². The molecule has 0 saturated heterocycles. The summed E-state index contributed by atoms with van der Waals surface area (Å²) in [6.07, 6.45) is 4.23. The van der Waals surface area contributed by atoms with Crippen molar-refractivity contribution in [2.45, 2.75) is 0 Å². The van der Waals surface area contributed by atoms with Crippen LogP contribution >= 0.6 is 0 Å². The van der Waals surface area contributed by atoms with Gasteiger partial charge in [-0.25, -0.2) is 16.3 Å². The standard InChI is InChI=1S/C24H21N9O3/c34-19-10-4-1-7-16(19)13-25-31-22-28-23(32-26-14-17-8-2-5-11-20(17)35)30-24(29-22)33-27-15-18-9-3-6-12-21(18)36/h1-15,34-36H,(H3,28,29,30,31,32,33)/b25-13+,26-14+,27-15+. The topological polar surface area (TPSA) is 173 Å². The number of nitrogens with one attached hydrogen (secondary N) is 3. The molecule has 0 aliphatic heterocycles. The van der Waals surface area contributed by atoms with Crippen molar-refractivity contribution in [3.63, 3.8) is 0 Å². The summed E-state index contributed by atoms with van der Waals surface area (Å²) < 4.78 is 0. The molecule has 12 heteroatoms. The first kappa shape index (κ1) is 23.6. The van der Waals surface area contributed by atoms with E-state index in [9.17, 15) is 15.3 Å². The van der Waals surface area contributed by atoms with E-state index in [4.69, 9.17) is 0 Å². The smallest absolute Gasteiger partial charge is 0.250 e. The fraction of sp³-hybridized carbons (Fsp3) is 0. The highest BCUT2D eigenvalue weighted by Gasteiger charge is 2.06. The highest BCUT2D eigenvalue weighted by molar-refractivity contribution is 5.84. The van der Waals surface area contributed by atoms with Gasteiger partial charge < -0.3 is 15.3 Å². The van der Waals surface area contributed by atoms with Crippen molar-refractivity contribution in [1.82, 2.24) is 15.0 Å². The third-order valence-corrected chi connectivity index (χ3v) is 4.55. The Labute approximate surface area is 205 Å². The van der Waals surface area contributed by atoms with Crippen LogP contribution in [0.3, 0.4) is 0 Å². The molecular formula is C24H21N9O3. The monoisotopic (exact) mass is 483 g/mol. The molecule has 180 valence electrons. The number of hydrazone groups is 3. The second-order valence-corrected chi connectivity index (χ2v) is 7.09. The number of hydrogen-bond acceptors (Lipinski definition) is 12. The molecule has 0 spiro atoms. The highest BCUT2D eigenvalue weighted by atomic mass is 16.3. The largest absolute Gasteiger partial charge is 0.507 e. The van der Waals surface area contributed by atoms with Gasteiger partial charge in [-0.3, -0.25) is 0 Å². The van der Waals surface area contributed by atoms with Crippen LogP contribution in [0, 0.1) is 0 Å². The summed E-state index contributed by atoms with van der Waals surface area (Å²) in [5.41, 5.74) is 9.49. The fourth-order valence-electron chi connectivity index (χ4n) is 2.79. The van der Waals surface area contributed by atoms with Gasteiger partial charge >= 0.3 is 0 Å². The Morgan fingerprint density at radius 3 is 1.03 bits per heavy atom. The Morgan fingerprint density at radius 1 is 0.472 bits per heavy atom. The SMILES string of the molecule is Oc1ccccc1/C=N/Nc1nc(N/N=C/c2ccccc2O)nc(N/N=C/c2ccccc2O)n1. The predicted octanol–water partition coefficient (Wildman–Crippen LogP) is 3.33. The molecule has 1 aromatic heterocycles. The first-order valence-electron chi connectivity index (χ1n) is 10.6. The van der Waals surface area contributed by atoms with Crippen LogP contribution in [0.15, 0.2) is 88.1 Å². The number of phenolic OH excluding ortho intramolecular Hbond substituents is 3. The summed E-state index contributed by atoms with van der Waals surface area (Å²) in [5, 5.41) is 41.8. The summed E-state index contributed by atoms with van der Waals surface area (Å²) in [7, 11) is 0. The minimum atomic E-state index is 0.0530. The summed E-state index contributed by atoms with van der Waals surface area (Å²) >= 11 is 0. The molecule has 0 fully saturated rings. The number of aromatic nitrogens is 3. The minimum absolute atomic E-state index is 0.0530. The average molecular weight is 483 g/mol. The van der Waals surface area contributed by atoms with Gasteiger partial charge in [0.05, 0.1) is 18.6 Å². The van der Waals surface area contributed by atoms with Crippen LogP contribution in [-0.2, 0) is 0 Å². The van der Waals surface area contributed by atoms with Crippen molar-refractivity contribution in [2.24, 2.45) is 15.3 Å². The van der Waals surface area contributed by atoms with Crippen LogP contribution in [-0.4, -0.2) is 48.9 Å². The molecule has 0 amide bonds. The molecule has 0 radical (unpaired) electrons. The molecular weight excluding hydrogens is 462 g/mol. The second-order valence-electron chi connectivity index (χ2n) is 7.09. The van der Waals surface area contributed by atoms with E-state index in [1.165, 1.54) is 18.6 Å². The highest BCUT2D eigenvalue weighted by Crippen LogP contribution is 2.16. The Morgan fingerprint density at radius 2 is 0.750 bits per heavy atom. The van der Waals surface area contributed by atoms with E-state index in [1.807, 2.05) is 0 Å². The number of anilines is 3. The number of phenols is 3. The Bertz CT molecular complexity index is 1240. The number of hydrogen-bond donors (Lipinski definition) is 6. The number of nitrogens with zero attached hydrogens (tertiary/aromatic N) is 6. The predicted molar refractivity (Wildman–Crippen MR) is 138 cm³/mol. The maximum absolute atomic E-state index is 9.87. The molecule has 3 aromatic carbocycles. The third-order valence-electron chi connectivity index (χ3n) is 4.55. The lowest BCUT2D eigenvalue weighted by Gasteiger charge is -2.06. The average Bonchev–Trinajstić information content (AvgIpc) is 2.87. The molecule has 0 unspecified atom stereocenters. The molecule has 0 aliphatic rings. The zero-order chi connectivity index (χ0) is 25.2. The zero-order valence-corrected chi connectivity index (χ0v) is 18.7. The maximum Gasteiger partial charge on any atom is 0.250 e. The van der Waals surface area contributed by atoms with Crippen molar-refractivity contribution in [2.75, 3.05) is 16.3 Å². The molecule has 36 heavy (non-hydrogen) atoms. The third kappa shape index (κ3) is 6.51. The van der Waals surface area contributed by atoms with Crippen LogP contribution in [0.4, 0.5) is 17.8 Å². The van der Waals surface area contributed by atoms with E-state index in [0.29, 0.717) is 16.7 Å². The molecule has 1 heterocycles. The fourth-order valence-corrected chi connectivity index (χ4v) is 2.79. The van der Waals surface area contributed by atoms with E-state index in [1.54, 1.807) is 72.8 Å². The van der Waals surface area contributed by atoms with Gasteiger partial charge in [-0.15, -0.1) is 0 Å². The molecule has 4 aromatic rings. The first-order valence-corrected chi connectivity index (χ1v) is 10.6. The first-order chi connectivity index (χ1) is 17.6. The van der Waals surface area contributed by atoms with Crippen LogP contribution in [0.2, 0.25) is 0 Å². The molecule has 0 saturated carbocycles. The van der Waals surface area contributed by atoms with E-state index in [-0.39, 0.29) is 35.1 Å². The lowest BCUT2D eigenvalue weighted by molar-refractivity contribution is 0.474. The number of para-hydroxylation sites is 3. The van der Waals surface area contributed by atoms with Gasteiger partial charge in [-0.2, -0.15) is 30.3 Å². The Hall–Kier alpha value is -5.52. The van der Waals surface area contributed by atoms with Crippen LogP contribution in [0.5, 0.6) is 17.2 Å². The van der Waals surface area contributed by atoms with Crippen molar-refractivity contribution in [3.8, 4) is 17.2 Å². The van der Waals surface area contributed by atoms with Crippen LogP contribution < -0.4 is 16.3 Å². The molecule has 4 rings (SSSR count). The van der Waals surface area contributed by atoms with Crippen LogP contribution in [0.1, 0.15) is 16.7 Å². The van der Waals surface area contributed by atoms with Crippen molar-refractivity contribution < 1.29 is 15.3 Å². The molecule has 0 atom stereocenters. The maximum atomic E-state index is 9.87. The molecule has 0 bridgehead atoms. The number of rotatable bonds is 9. The quantitative estimate of drug-likeness (QED) is 0.154. The van der Waals surface area contributed by atoms with Gasteiger partial charge in [-0.1, -0.05) is 36.4 Å². The molecule has 0 aliphatic carbocycles. The molecule has 6 N–H and O–H groups in total. The summed E-state index contributed by atoms with van der Waals surface area (Å²) in [6, 6.07) is 20.1. The Balaban J connectivity index is 1.53. The lowest BCUT2D eigenvalue weighted by Crippen LogP contribution is -2.07. The number of benzene rings is 3. The summed E-state index contributed by atoms with van der Waals surface area (Å²) in [6.45, 7) is 0. The van der Waals surface area contributed by atoms with Gasteiger partial charge in [0.25, 0.3) is 0 Å². The van der Waals surface area contributed by atoms with E-state index in [0.717, 1.165) is 0 Å². The van der Waals surface area contributed by atoms with Crippen LogP contribution in [0.25, 0.3) is 0 Å². The van der Waals surface area contributed by atoms with Crippen molar-refractivity contribution >= 4 is 36.5 Å².